The van der Waals surface area contributed by atoms with Gasteiger partial charge in [-0.05, 0) is 24.6 Å². The zero-order chi connectivity index (χ0) is 12.6. The Morgan fingerprint density at radius 1 is 1.41 bits per heavy atom. The van der Waals surface area contributed by atoms with Crippen LogP contribution in [0.4, 0.5) is 4.39 Å². The van der Waals surface area contributed by atoms with Crippen molar-refractivity contribution in [3.05, 3.63) is 35.3 Å². The summed E-state index contributed by atoms with van der Waals surface area (Å²) >= 11 is 0. The van der Waals surface area contributed by atoms with Crippen LogP contribution < -0.4 is 0 Å². The predicted octanol–water partition coefficient (Wildman–Crippen LogP) is 2.19. The molecule has 1 aromatic carbocycles. The number of nitrogens with zero attached hydrogens (tertiary/aromatic N) is 1. The maximum atomic E-state index is 13.3. The van der Waals surface area contributed by atoms with E-state index in [4.69, 9.17) is 9.63 Å². The zero-order valence-electron chi connectivity index (χ0n) is 8.77. The van der Waals surface area contributed by atoms with E-state index in [1.807, 2.05) is 0 Å². The van der Waals surface area contributed by atoms with Gasteiger partial charge in [-0.3, -0.25) is 0 Å². The minimum Gasteiger partial charge on any atom is -0.504 e. The topological polar surface area (TPSA) is 83.6 Å². The van der Waals surface area contributed by atoms with Gasteiger partial charge in [-0.15, -0.1) is 0 Å². The van der Waals surface area contributed by atoms with E-state index in [2.05, 4.69) is 5.16 Å². The first-order valence-electron chi connectivity index (χ1n) is 4.68. The third-order valence-electron chi connectivity index (χ3n) is 2.20. The number of hydrogen-bond acceptors (Lipinski definition) is 4. The van der Waals surface area contributed by atoms with Crippen molar-refractivity contribution in [2.45, 2.75) is 6.92 Å². The van der Waals surface area contributed by atoms with Gasteiger partial charge < -0.3 is 14.7 Å². The third kappa shape index (κ3) is 1.96. The van der Waals surface area contributed by atoms with Crippen LogP contribution in [0, 0.1) is 12.7 Å². The lowest BCUT2D eigenvalue weighted by atomic mass is 10.1. The number of benzene rings is 1. The molecular weight excluding hydrogens is 229 g/mol. The molecule has 0 saturated carbocycles. The molecule has 1 heterocycles. The van der Waals surface area contributed by atoms with Crippen LogP contribution in [0.15, 0.2) is 22.7 Å². The molecule has 0 radical (unpaired) electrons. The molecule has 0 fully saturated rings. The highest BCUT2D eigenvalue weighted by molar-refractivity contribution is 5.86. The van der Waals surface area contributed by atoms with E-state index in [0.29, 0.717) is 5.56 Å². The van der Waals surface area contributed by atoms with Crippen molar-refractivity contribution in [3.63, 3.8) is 0 Å². The van der Waals surface area contributed by atoms with Crippen molar-refractivity contribution in [2.75, 3.05) is 0 Å². The first kappa shape index (κ1) is 11.1. The maximum Gasteiger partial charge on any atom is 0.358 e. The molecule has 0 atom stereocenters. The summed E-state index contributed by atoms with van der Waals surface area (Å²) < 4.78 is 18.0. The van der Waals surface area contributed by atoms with Gasteiger partial charge in [0, 0.05) is 6.07 Å². The van der Waals surface area contributed by atoms with E-state index in [-0.39, 0.29) is 17.0 Å². The van der Waals surface area contributed by atoms with Crippen LogP contribution in [0.25, 0.3) is 11.3 Å². The lowest BCUT2D eigenvalue weighted by molar-refractivity contribution is 0.0686. The molecule has 0 spiro atoms. The Morgan fingerprint density at radius 2 is 2.12 bits per heavy atom. The number of carboxylic acid groups (broad SMARTS) is 1. The van der Waals surface area contributed by atoms with Gasteiger partial charge in [0.2, 0.25) is 0 Å². The summed E-state index contributed by atoms with van der Waals surface area (Å²) in [5, 5.41) is 21.5. The normalized spacial score (nSPS) is 10.5. The standard InChI is InChI=1S/C11H8FNO4/c1-5-2-6(10(14)7(12)3-5)9-4-8(11(15)16)13-17-9/h2-4,14H,1H3,(H,15,16). The monoisotopic (exact) mass is 237 g/mol. The molecule has 6 heteroatoms. The molecule has 0 amide bonds. The van der Waals surface area contributed by atoms with Crippen molar-refractivity contribution < 1.29 is 23.9 Å². The summed E-state index contributed by atoms with van der Waals surface area (Å²) in [7, 11) is 0. The first-order valence-corrected chi connectivity index (χ1v) is 4.68. The molecule has 2 N–H and O–H groups in total. The minimum absolute atomic E-state index is 0.00231. The Bertz CT molecular complexity index is 591. The Labute approximate surface area is 95.1 Å². The smallest absolute Gasteiger partial charge is 0.358 e. The van der Waals surface area contributed by atoms with Gasteiger partial charge in [0.1, 0.15) is 0 Å². The van der Waals surface area contributed by atoms with Crippen LogP contribution in [-0.2, 0) is 0 Å². The number of aromatic carboxylic acids is 1. The molecule has 0 unspecified atom stereocenters. The second-order valence-electron chi connectivity index (χ2n) is 3.52. The van der Waals surface area contributed by atoms with Crippen LogP contribution in [0.3, 0.4) is 0 Å². The number of halogens is 1. The number of carbonyl (C=O) groups is 1. The molecule has 0 bridgehead atoms. The molecule has 2 aromatic rings. The summed E-state index contributed by atoms with van der Waals surface area (Å²) in [6.45, 7) is 1.64. The minimum atomic E-state index is -1.26. The largest absolute Gasteiger partial charge is 0.504 e. The zero-order valence-corrected chi connectivity index (χ0v) is 8.77. The number of aromatic hydroxyl groups is 1. The SMILES string of the molecule is Cc1cc(F)c(O)c(-c2cc(C(=O)O)no2)c1. The van der Waals surface area contributed by atoms with E-state index < -0.39 is 17.5 Å². The highest BCUT2D eigenvalue weighted by Gasteiger charge is 2.17. The van der Waals surface area contributed by atoms with Crippen molar-refractivity contribution in [1.82, 2.24) is 5.16 Å². The molecule has 1 aromatic heterocycles. The predicted molar refractivity (Wildman–Crippen MR) is 55.3 cm³/mol. The summed E-state index contributed by atoms with van der Waals surface area (Å²) in [5.41, 5.74) is 0.340. The molecule has 88 valence electrons. The molecule has 2 rings (SSSR count). The fourth-order valence-corrected chi connectivity index (χ4v) is 1.43. The van der Waals surface area contributed by atoms with Gasteiger partial charge in [0.25, 0.3) is 0 Å². The fraction of sp³-hybridized carbons (Fsp3) is 0.0909. The lowest BCUT2D eigenvalue weighted by Gasteiger charge is -2.03. The molecule has 0 saturated heterocycles. The second kappa shape index (κ2) is 3.89. The maximum absolute atomic E-state index is 13.3. The van der Waals surface area contributed by atoms with Crippen molar-refractivity contribution >= 4 is 5.97 Å². The summed E-state index contributed by atoms with van der Waals surface area (Å²) in [6, 6.07) is 3.76. The molecule has 5 nitrogen and oxygen atoms in total. The second-order valence-corrected chi connectivity index (χ2v) is 3.52. The van der Waals surface area contributed by atoms with Gasteiger partial charge in [0.15, 0.2) is 23.0 Å². The lowest BCUT2D eigenvalue weighted by Crippen LogP contribution is -1.94. The summed E-state index contributed by atoms with van der Waals surface area (Å²) in [6.07, 6.45) is 0. The average molecular weight is 237 g/mol. The van der Waals surface area contributed by atoms with Gasteiger partial charge >= 0.3 is 5.97 Å². The number of aryl methyl sites for hydroxylation is 1. The fourth-order valence-electron chi connectivity index (χ4n) is 1.43. The average Bonchev–Trinajstić information content (AvgIpc) is 2.72. The number of rotatable bonds is 2. The van der Waals surface area contributed by atoms with E-state index in [9.17, 15) is 14.3 Å². The van der Waals surface area contributed by atoms with Gasteiger partial charge in [0.05, 0.1) is 5.56 Å². The number of carboxylic acids is 1. The Balaban J connectivity index is 2.56. The van der Waals surface area contributed by atoms with E-state index >= 15 is 0 Å². The van der Waals surface area contributed by atoms with Gasteiger partial charge in [-0.25, -0.2) is 9.18 Å². The summed E-state index contributed by atoms with van der Waals surface area (Å²) in [5.74, 6) is -2.65. The van der Waals surface area contributed by atoms with Crippen molar-refractivity contribution in [2.24, 2.45) is 0 Å². The quantitative estimate of drug-likeness (QED) is 0.836. The number of aromatic nitrogens is 1. The third-order valence-corrected chi connectivity index (χ3v) is 2.20. The van der Waals surface area contributed by atoms with Crippen molar-refractivity contribution in [3.8, 4) is 17.1 Å². The molecule has 0 aliphatic carbocycles. The van der Waals surface area contributed by atoms with E-state index in [1.54, 1.807) is 6.92 Å². The summed E-state index contributed by atoms with van der Waals surface area (Å²) in [4.78, 5) is 10.6. The van der Waals surface area contributed by atoms with Crippen LogP contribution in [0.1, 0.15) is 16.1 Å². The highest BCUT2D eigenvalue weighted by atomic mass is 19.1. The molecule has 17 heavy (non-hydrogen) atoms. The number of hydrogen-bond donors (Lipinski definition) is 2. The van der Waals surface area contributed by atoms with Gasteiger partial charge in [-0.2, -0.15) is 0 Å². The Morgan fingerprint density at radius 3 is 2.71 bits per heavy atom. The van der Waals surface area contributed by atoms with Crippen molar-refractivity contribution in [1.29, 1.82) is 0 Å². The Hall–Kier alpha value is -2.37. The molecule has 0 aliphatic heterocycles. The number of phenolic OH excluding ortho intramolecular Hbond substituents is 1. The van der Waals surface area contributed by atoms with Crippen LogP contribution in [0.5, 0.6) is 5.75 Å². The van der Waals surface area contributed by atoms with Crippen LogP contribution in [-0.4, -0.2) is 21.3 Å². The van der Waals surface area contributed by atoms with E-state index in [0.717, 1.165) is 12.1 Å². The van der Waals surface area contributed by atoms with E-state index in [1.165, 1.54) is 6.07 Å². The molecule has 0 aliphatic rings. The van der Waals surface area contributed by atoms with Crippen LogP contribution >= 0.6 is 0 Å². The molecular formula is C11H8FNO4. The Kier molecular flexibility index (Phi) is 2.55. The number of phenols is 1. The highest BCUT2D eigenvalue weighted by Crippen LogP contribution is 2.32. The van der Waals surface area contributed by atoms with Crippen LogP contribution in [0.2, 0.25) is 0 Å². The van der Waals surface area contributed by atoms with Gasteiger partial charge in [-0.1, -0.05) is 5.16 Å². The first-order chi connectivity index (χ1) is 7.99.